The highest BCUT2D eigenvalue weighted by atomic mass is 19.3. The molecule has 82 valence electrons. The largest absolute Gasteiger partial charge is 0.395 e. The monoisotopic (exact) mass is 207 g/mol. The number of nitrogens with zero attached hydrogens (tertiary/aromatic N) is 1. The normalized spacial score (nSPS) is 16.9. The summed E-state index contributed by atoms with van der Waals surface area (Å²) in [6.07, 6.45) is 0.0667. The molecule has 0 aromatic heterocycles. The highest BCUT2D eigenvalue weighted by Gasteiger charge is 2.30. The van der Waals surface area contributed by atoms with Crippen LogP contribution in [0.5, 0.6) is 0 Å². The van der Waals surface area contributed by atoms with Gasteiger partial charge in [-0.05, 0) is 12.8 Å². The van der Waals surface area contributed by atoms with Crippen LogP contribution in [0, 0.1) is 5.92 Å². The summed E-state index contributed by atoms with van der Waals surface area (Å²) < 4.78 is 24.2. The van der Waals surface area contributed by atoms with Gasteiger partial charge in [-0.1, -0.05) is 6.42 Å². The number of alkyl halides is 2. The summed E-state index contributed by atoms with van der Waals surface area (Å²) in [6, 6.07) is 0. The van der Waals surface area contributed by atoms with Crippen LogP contribution >= 0.6 is 0 Å². The highest BCUT2D eigenvalue weighted by Crippen LogP contribution is 2.28. The number of amides is 1. The lowest BCUT2D eigenvalue weighted by atomic mass is 9.84. The summed E-state index contributed by atoms with van der Waals surface area (Å²) in [6.45, 7) is -0.805. The summed E-state index contributed by atoms with van der Waals surface area (Å²) >= 11 is 0. The van der Waals surface area contributed by atoms with E-state index in [1.807, 2.05) is 0 Å². The van der Waals surface area contributed by atoms with Gasteiger partial charge in [-0.2, -0.15) is 0 Å². The van der Waals surface area contributed by atoms with Crippen LogP contribution < -0.4 is 0 Å². The van der Waals surface area contributed by atoms with Crippen molar-refractivity contribution in [1.29, 1.82) is 0 Å². The van der Waals surface area contributed by atoms with E-state index in [2.05, 4.69) is 0 Å². The molecule has 1 N–H and O–H groups in total. The molecule has 0 bridgehead atoms. The molecule has 1 aliphatic carbocycles. The zero-order valence-corrected chi connectivity index (χ0v) is 7.96. The Labute approximate surface area is 81.7 Å². The van der Waals surface area contributed by atoms with Crippen molar-refractivity contribution in [2.75, 3.05) is 19.7 Å². The molecule has 0 heterocycles. The molecule has 1 rings (SSSR count). The quantitative estimate of drug-likeness (QED) is 0.726. The lowest BCUT2D eigenvalue weighted by Gasteiger charge is -2.31. The van der Waals surface area contributed by atoms with Crippen molar-refractivity contribution in [3.63, 3.8) is 0 Å². The Kier molecular flexibility index (Phi) is 4.25. The van der Waals surface area contributed by atoms with Gasteiger partial charge in [0.1, 0.15) is 0 Å². The minimum Gasteiger partial charge on any atom is -0.395 e. The molecule has 1 saturated carbocycles. The number of aliphatic hydroxyl groups excluding tert-OH is 1. The highest BCUT2D eigenvalue weighted by molar-refractivity contribution is 5.79. The van der Waals surface area contributed by atoms with Crippen LogP contribution in [0.4, 0.5) is 8.78 Å². The SMILES string of the molecule is O=C(C1CCC1)N(CCO)CC(F)F. The van der Waals surface area contributed by atoms with Gasteiger partial charge in [0.25, 0.3) is 6.43 Å². The lowest BCUT2D eigenvalue weighted by molar-refractivity contribution is -0.140. The predicted molar refractivity (Wildman–Crippen MR) is 47.0 cm³/mol. The smallest absolute Gasteiger partial charge is 0.255 e. The summed E-state index contributed by atoms with van der Waals surface area (Å²) in [4.78, 5) is 12.6. The number of rotatable bonds is 5. The molecule has 3 nitrogen and oxygen atoms in total. The molecule has 0 unspecified atom stereocenters. The Balaban J connectivity index is 2.42. The number of hydrogen-bond acceptors (Lipinski definition) is 2. The third kappa shape index (κ3) is 2.90. The fraction of sp³-hybridized carbons (Fsp3) is 0.889. The molecule has 0 saturated heterocycles. The molecule has 0 spiro atoms. The maximum atomic E-state index is 12.1. The fourth-order valence-electron chi connectivity index (χ4n) is 1.49. The van der Waals surface area contributed by atoms with Crippen LogP contribution in [0.15, 0.2) is 0 Å². The van der Waals surface area contributed by atoms with Crippen LogP contribution in [0.3, 0.4) is 0 Å². The van der Waals surface area contributed by atoms with E-state index in [0.717, 1.165) is 24.2 Å². The van der Waals surface area contributed by atoms with Gasteiger partial charge in [-0.25, -0.2) is 8.78 Å². The van der Waals surface area contributed by atoms with Gasteiger partial charge in [0, 0.05) is 12.5 Å². The first kappa shape index (κ1) is 11.4. The molecule has 5 heteroatoms. The molecule has 1 amide bonds. The average Bonchev–Trinajstić information content (AvgIpc) is 1.99. The number of aliphatic hydroxyl groups is 1. The van der Waals surface area contributed by atoms with Crippen LogP contribution in [0.25, 0.3) is 0 Å². The van der Waals surface area contributed by atoms with Gasteiger partial charge in [0.05, 0.1) is 13.2 Å². The lowest BCUT2D eigenvalue weighted by Crippen LogP contribution is -2.42. The van der Waals surface area contributed by atoms with Gasteiger partial charge in [0.15, 0.2) is 0 Å². The molecule has 1 aliphatic rings. The van der Waals surface area contributed by atoms with Crippen molar-refractivity contribution in [1.82, 2.24) is 4.90 Å². The van der Waals surface area contributed by atoms with E-state index >= 15 is 0 Å². The second kappa shape index (κ2) is 5.24. The van der Waals surface area contributed by atoms with E-state index < -0.39 is 13.0 Å². The molecule has 0 atom stereocenters. The summed E-state index contributed by atoms with van der Waals surface area (Å²) in [5, 5.41) is 8.63. The van der Waals surface area contributed by atoms with E-state index in [1.165, 1.54) is 0 Å². The number of carbonyl (C=O) groups excluding carboxylic acids is 1. The van der Waals surface area contributed by atoms with E-state index in [1.54, 1.807) is 0 Å². The standard InChI is InChI=1S/C9H15F2NO2/c10-8(11)6-12(4-5-13)9(14)7-2-1-3-7/h7-8,13H,1-6H2. The Hall–Kier alpha value is -0.710. The van der Waals surface area contributed by atoms with Crippen molar-refractivity contribution in [3.05, 3.63) is 0 Å². The Morgan fingerprint density at radius 3 is 2.50 bits per heavy atom. The third-order valence-electron chi connectivity index (χ3n) is 2.49. The molecular weight excluding hydrogens is 192 g/mol. The van der Waals surface area contributed by atoms with Crippen molar-refractivity contribution in [2.45, 2.75) is 25.7 Å². The fourth-order valence-corrected chi connectivity index (χ4v) is 1.49. The van der Waals surface area contributed by atoms with Gasteiger partial charge >= 0.3 is 0 Å². The first-order valence-corrected chi connectivity index (χ1v) is 4.83. The molecule has 0 radical (unpaired) electrons. The third-order valence-corrected chi connectivity index (χ3v) is 2.49. The minimum atomic E-state index is -2.52. The zero-order valence-electron chi connectivity index (χ0n) is 7.96. The van der Waals surface area contributed by atoms with Gasteiger partial charge in [0.2, 0.25) is 5.91 Å². The Morgan fingerprint density at radius 2 is 2.14 bits per heavy atom. The van der Waals surface area contributed by atoms with Crippen molar-refractivity contribution in [3.8, 4) is 0 Å². The molecule has 0 aliphatic heterocycles. The molecule has 14 heavy (non-hydrogen) atoms. The molecule has 0 aromatic rings. The van der Waals surface area contributed by atoms with Crippen molar-refractivity contribution in [2.24, 2.45) is 5.92 Å². The maximum absolute atomic E-state index is 12.1. The van der Waals surface area contributed by atoms with E-state index in [0.29, 0.717) is 0 Å². The predicted octanol–water partition coefficient (Wildman–Crippen LogP) is 0.873. The maximum Gasteiger partial charge on any atom is 0.255 e. The van der Waals surface area contributed by atoms with E-state index in [-0.39, 0.29) is 25.0 Å². The Morgan fingerprint density at radius 1 is 1.50 bits per heavy atom. The van der Waals surface area contributed by atoms with E-state index in [4.69, 9.17) is 5.11 Å². The van der Waals surface area contributed by atoms with Crippen LogP contribution in [-0.4, -0.2) is 42.0 Å². The number of hydrogen-bond donors (Lipinski definition) is 1. The molecule has 0 aromatic carbocycles. The van der Waals surface area contributed by atoms with E-state index in [9.17, 15) is 13.6 Å². The topological polar surface area (TPSA) is 40.5 Å². The van der Waals surface area contributed by atoms with Crippen LogP contribution in [0.2, 0.25) is 0 Å². The van der Waals surface area contributed by atoms with Crippen LogP contribution in [-0.2, 0) is 4.79 Å². The minimum absolute atomic E-state index is 0.0136. The van der Waals surface area contributed by atoms with Crippen LogP contribution in [0.1, 0.15) is 19.3 Å². The van der Waals surface area contributed by atoms with Gasteiger partial charge in [-0.15, -0.1) is 0 Å². The summed E-state index contributed by atoms with van der Waals surface area (Å²) in [5.74, 6) is -0.314. The van der Waals surface area contributed by atoms with Crippen molar-refractivity contribution < 1.29 is 18.7 Å². The number of carbonyl (C=O) groups is 1. The van der Waals surface area contributed by atoms with Gasteiger partial charge in [-0.3, -0.25) is 4.79 Å². The average molecular weight is 207 g/mol. The summed E-state index contributed by atoms with van der Waals surface area (Å²) in [7, 11) is 0. The summed E-state index contributed by atoms with van der Waals surface area (Å²) in [5.41, 5.74) is 0. The first-order valence-electron chi connectivity index (χ1n) is 4.83. The zero-order chi connectivity index (χ0) is 10.6. The van der Waals surface area contributed by atoms with Crippen molar-refractivity contribution >= 4 is 5.91 Å². The Bertz CT molecular complexity index is 195. The second-order valence-electron chi connectivity index (χ2n) is 3.53. The first-order chi connectivity index (χ1) is 6.65. The molecular formula is C9H15F2NO2. The molecule has 1 fully saturated rings. The van der Waals surface area contributed by atoms with Gasteiger partial charge < -0.3 is 10.0 Å². The second-order valence-corrected chi connectivity index (χ2v) is 3.53. The number of halogens is 2.